The van der Waals surface area contributed by atoms with E-state index in [2.05, 4.69) is 64.6 Å². The zero-order valence-corrected chi connectivity index (χ0v) is 22.5. The Kier molecular flexibility index (Phi) is 9.65. The molecule has 8 heteroatoms. The molecule has 0 spiro atoms. The van der Waals surface area contributed by atoms with Crippen molar-refractivity contribution in [3.8, 4) is 6.07 Å². The van der Waals surface area contributed by atoms with Crippen LogP contribution in [0.25, 0.3) is 5.57 Å². The third-order valence-electron chi connectivity index (χ3n) is 7.02. The van der Waals surface area contributed by atoms with Crippen LogP contribution in [0.3, 0.4) is 0 Å². The lowest BCUT2D eigenvalue weighted by Crippen LogP contribution is -2.46. The second kappa shape index (κ2) is 13.5. The fraction of sp³-hybridized carbons (Fsp3) is 0.400. The van der Waals surface area contributed by atoms with E-state index in [0.29, 0.717) is 18.2 Å². The molecule has 8 nitrogen and oxygen atoms in total. The first-order valence-electron chi connectivity index (χ1n) is 13.4. The van der Waals surface area contributed by atoms with E-state index in [1.54, 1.807) is 11.2 Å². The molecule has 1 fully saturated rings. The van der Waals surface area contributed by atoms with Crippen molar-refractivity contribution in [2.75, 3.05) is 37.7 Å². The number of hydrogen-bond donors (Lipinski definition) is 0. The summed E-state index contributed by atoms with van der Waals surface area (Å²) >= 11 is 0. The van der Waals surface area contributed by atoms with Crippen LogP contribution in [0.5, 0.6) is 0 Å². The second-order valence-electron chi connectivity index (χ2n) is 9.52. The zero-order chi connectivity index (χ0) is 26.7. The molecule has 38 heavy (non-hydrogen) atoms. The Hall–Kier alpha value is -3.96. The summed E-state index contributed by atoms with van der Waals surface area (Å²) in [5.41, 5.74) is 3.67. The average molecular weight is 512 g/mol. The molecule has 0 aliphatic carbocycles. The number of nitriles is 1. The van der Waals surface area contributed by atoms with Crippen LogP contribution in [0, 0.1) is 17.2 Å². The maximum absolute atomic E-state index is 8.91. The monoisotopic (exact) mass is 511 g/mol. The van der Waals surface area contributed by atoms with Crippen LogP contribution >= 0.6 is 0 Å². The summed E-state index contributed by atoms with van der Waals surface area (Å²) in [5, 5.41) is 15.0. The number of anilines is 1. The minimum Gasteiger partial charge on any atom is -0.492 e. The van der Waals surface area contributed by atoms with Crippen LogP contribution in [-0.2, 0) is 11.3 Å². The van der Waals surface area contributed by atoms with E-state index in [4.69, 9.17) is 15.0 Å². The number of hydrazone groups is 1. The summed E-state index contributed by atoms with van der Waals surface area (Å²) in [5.74, 6) is 2.19. The number of aromatic nitrogens is 2. The maximum Gasteiger partial charge on any atom is 0.138 e. The molecule has 2 aliphatic heterocycles. The molecule has 198 valence electrons. The molecule has 0 amide bonds. The molecule has 0 radical (unpaired) electrons. The number of rotatable bonds is 11. The molecule has 4 rings (SSSR count). The van der Waals surface area contributed by atoms with E-state index in [1.807, 2.05) is 36.8 Å². The quantitative estimate of drug-likeness (QED) is 0.383. The second-order valence-corrected chi connectivity index (χ2v) is 9.52. The molecule has 0 aromatic carbocycles. The minimum absolute atomic E-state index is 0.228. The zero-order valence-electron chi connectivity index (χ0n) is 22.5. The van der Waals surface area contributed by atoms with Gasteiger partial charge < -0.3 is 9.64 Å². The summed E-state index contributed by atoms with van der Waals surface area (Å²) in [6.07, 6.45) is 11.5. The van der Waals surface area contributed by atoms with Gasteiger partial charge in [-0.2, -0.15) is 10.4 Å². The van der Waals surface area contributed by atoms with Crippen molar-refractivity contribution in [3.63, 3.8) is 0 Å². The predicted molar refractivity (Wildman–Crippen MR) is 152 cm³/mol. The summed E-state index contributed by atoms with van der Waals surface area (Å²) < 4.78 is 6.16. The molecule has 0 saturated carbocycles. The van der Waals surface area contributed by atoms with Crippen LogP contribution in [-0.4, -0.2) is 58.9 Å². The van der Waals surface area contributed by atoms with E-state index in [1.165, 1.54) is 0 Å². The van der Waals surface area contributed by atoms with Crippen molar-refractivity contribution in [2.24, 2.45) is 11.0 Å². The Bertz CT molecular complexity index is 1190. The summed E-state index contributed by atoms with van der Waals surface area (Å²) in [7, 11) is 0. The molecule has 0 bridgehead atoms. The van der Waals surface area contributed by atoms with Crippen molar-refractivity contribution in [3.05, 3.63) is 84.3 Å². The van der Waals surface area contributed by atoms with Gasteiger partial charge in [0.1, 0.15) is 11.6 Å². The lowest BCUT2D eigenvalue weighted by Gasteiger charge is -2.35. The Morgan fingerprint density at radius 2 is 1.95 bits per heavy atom. The van der Waals surface area contributed by atoms with E-state index in [0.717, 1.165) is 74.0 Å². The van der Waals surface area contributed by atoms with Crippen molar-refractivity contribution in [2.45, 2.75) is 39.7 Å². The molecule has 2 aromatic heterocycles. The van der Waals surface area contributed by atoms with Gasteiger partial charge in [-0.05, 0) is 36.3 Å². The van der Waals surface area contributed by atoms with Gasteiger partial charge in [0.05, 0.1) is 36.7 Å². The minimum atomic E-state index is 0.228. The Morgan fingerprint density at radius 1 is 1.13 bits per heavy atom. The normalized spacial score (nSPS) is 16.5. The van der Waals surface area contributed by atoms with Gasteiger partial charge in [0, 0.05) is 62.5 Å². The summed E-state index contributed by atoms with van der Waals surface area (Å²) in [6, 6.07) is 12.3. The number of piperazine rings is 1. The smallest absolute Gasteiger partial charge is 0.138 e. The maximum atomic E-state index is 8.91. The van der Waals surface area contributed by atoms with Gasteiger partial charge in [0.2, 0.25) is 0 Å². The fourth-order valence-corrected chi connectivity index (χ4v) is 4.51. The lowest BCUT2D eigenvalue weighted by atomic mass is 10.0. The van der Waals surface area contributed by atoms with Gasteiger partial charge in [-0.3, -0.25) is 9.88 Å². The summed E-state index contributed by atoms with van der Waals surface area (Å²) in [4.78, 5) is 14.0. The van der Waals surface area contributed by atoms with Gasteiger partial charge in [-0.25, -0.2) is 9.99 Å². The third kappa shape index (κ3) is 7.08. The van der Waals surface area contributed by atoms with Crippen LogP contribution < -0.4 is 4.90 Å². The first-order valence-corrected chi connectivity index (χ1v) is 13.4. The van der Waals surface area contributed by atoms with Gasteiger partial charge >= 0.3 is 0 Å². The number of nitrogens with zero attached hydrogens (tertiary/aromatic N) is 7. The molecule has 4 heterocycles. The first kappa shape index (κ1) is 27.1. The van der Waals surface area contributed by atoms with Crippen LogP contribution in [0.15, 0.2) is 78.1 Å². The fourth-order valence-electron chi connectivity index (χ4n) is 4.51. The molecule has 2 aromatic rings. The van der Waals surface area contributed by atoms with E-state index in [-0.39, 0.29) is 6.42 Å². The highest BCUT2D eigenvalue weighted by molar-refractivity contribution is 5.81. The van der Waals surface area contributed by atoms with Gasteiger partial charge in [-0.15, -0.1) is 0 Å². The van der Waals surface area contributed by atoms with Gasteiger partial charge in [0.15, 0.2) is 0 Å². The topological polar surface area (TPSA) is 80.9 Å². The molecule has 0 atom stereocenters. The largest absolute Gasteiger partial charge is 0.492 e. The molecule has 2 aliphatic rings. The lowest BCUT2D eigenvalue weighted by molar-refractivity contribution is 0.164. The molecular weight excluding hydrogens is 474 g/mol. The summed E-state index contributed by atoms with van der Waals surface area (Å²) in [6.45, 7) is 13.9. The molecule has 0 N–H and O–H groups in total. The van der Waals surface area contributed by atoms with Gasteiger partial charge in [0.25, 0.3) is 0 Å². The van der Waals surface area contributed by atoms with E-state index >= 15 is 0 Å². The average Bonchev–Trinajstić information content (AvgIpc) is 2.96. The van der Waals surface area contributed by atoms with Crippen LogP contribution in [0.2, 0.25) is 0 Å². The van der Waals surface area contributed by atoms with Crippen molar-refractivity contribution in [1.82, 2.24) is 19.9 Å². The molecule has 0 unspecified atom stereocenters. The predicted octanol–water partition coefficient (Wildman–Crippen LogP) is 5.21. The molecular formula is C30H37N7O. The Morgan fingerprint density at radius 3 is 2.61 bits per heavy atom. The van der Waals surface area contributed by atoms with E-state index < -0.39 is 0 Å². The van der Waals surface area contributed by atoms with E-state index in [9.17, 15) is 0 Å². The van der Waals surface area contributed by atoms with Crippen molar-refractivity contribution in [1.29, 1.82) is 5.26 Å². The SMILES string of the molecule is C=C1C(c2ccc(N3CCN(Cc4ccccn4)CC3)nc2)=CC(OCC(CC)CC)=CN1/N=C\CC#N. The first-order chi connectivity index (χ1) is 18.6. The number of allylic oxidation sites excluding steroid dienone is 2. The highest BCUT2D eigenvalue weighted by Gasteiger charge is 2.22. The highest BCUT2D eigenvalue weighted by Crippen LogP contribution is 2.32. The number of ether oxygens (including phenoxy) is 1. The number of pyridine rings is 2. The van der Waals surface area contributed by atoms with Crippen LogP contribution in [0.4, 0.5) is 5.82 Å². The third-order valence-corrected chi connectivity index (χ3v) is 7.02. The standard InChI is InChI=1S/C30H37N7O/c1-4-25(5-2)23-38-28-19-29(24(3)37(22-28)34-14-8-12-31)26-10-11-30(33-20-26)36-17-15-35(16-18-36)21-27-9-6-7-13-32-27/h6-7,9-11,13-14,19-20,22,25H,3-5,8,15-18,21,23H2,1-2H3/b34-14-. The van der Waals surface area contributed by atoms with Crippen molar-refractivity contribution < 1.29 is 4.74 Å². The highest BCUT2D eigenvalue weighted by atomic mass is 16.5. The van der Waals surface area contributed by atoms with Gasteiger partial charge in [-0.1, -0.05) is 39.3 Å². The van der Waals surface area contributed by atoms with Crippen LogP contribution in [0.1, 0.15) is 44.4 Å². The van der Waals surface area contributed by atoms with Crippen molar-refractivity contribution >= 4 is 17.6 Å². The number of hydrogen-bond acceptors (Lipinski definition) is 8. The Balaban J connectivity index is 1.43. The Labute approximate surface area is 226 Å². The molecule has 1 saturated heterocycles.